The Morgan fingerprint density at radius 3 is 2.25 bits per heavy atom. The minimum absolute atomic E-state index is 0.0536. The molecule has 0 saturated carbocycles. The molecule has 0 saturated heterocycles. The highest BCUT2D eigenvalue weighted by Gasteiger charge is 2.38. The number of aromatic nitrogens is 2. The molecule has 124 valence electrons. The lowest BCUT2D eigenvalue weighted by Gasteiger charge is -2.10. The lowest BCUT2D eigenvalue weighted by molar-refractivity contribution is -0.140. The van der Waals surface area contributed by atoms with E-state index < -0.39 is 11.9 Å². The van der Waals surface area contributed by atoms with E-state index in [-0.39, 0.29) is 28.3 Å². The average Bonchev–Trinajstić information content (AvgIpc) is 2.93. The van der Waals surface area contributed by atoms with Crippen LogP contribution in [0.3, 0.4) is 0 Å². The lowest BCUT2D eigenvalue weighted by atomic mass is 9.98. The van der Waals surface area contributed by atoms with Crippen LogP contribution in [0.15, 0.2) is 46.9 Å². The zero-order valence-electron chi connectivity index (χ0n) is 11.9. The van der Waals surface area contributed by atoms with E-state index in [1.807, 2.05) is 5.10 Å². The van der Waals surface area contributed by atoms with E-state index in [0.717, 1.165) is 10.5 Å². The third kappa shape index (κ3) is 2.96. The zero-order chi connectivity index (χ0) is 17.5. The van der Waals surface area contributed by atoms with Crippen LogP contribution in [0.2, 0.25) is 0 Å². The highest BCUT2D eigenvalue weighted by atomic mass is 79.9. The molecule has 0 spiro atoms. The number of nitrogens with one attached hydrogen (secondary N) is 1. The lowest BCUT2D eigenvalue weighted by Crippen LogP contribution is -2.07. The van der Waals surface area contributed by atoms with Crippen LogP contribution in [0.1, 0.15) is 5.69 Å². The summed E-state index contributed by atoms with van der Waals surface area (Å²) >= 11 is 3.24. The molecule has 4 nitrogen and oxygen atoms in total. The van der Waals surface area contributed by atoms with Gasteiger partial charge < -0.3 is 10.2 Å². The molecule has 8 heteroatoms. The van der Waals surface area contributed by atoms with Crippen molar-refractivity contribution in [2.45, 2.75) is 6.18 Å². The van der Waals surface area contributed by atoms with Gasteiger partial charge in [0, 0.05) is 21.7 Å². The van der Waals surface area contributed by atoms with Crippen molar-refractivity contribution < 1.29 is 23.4 Å². The van der Waals surface area contributed by atoms with Crippen molar-refractivity contribution >= 4 is 15.9 Å². The molecule has 3 rings (SSSR count). The molecule has 0 bridgehead atoms. The standard InChI is InChI=1S/C16H10BrF3N2O2/c17-9-3-1-8(2-4-9)13-14(21-22-15(13)16(18,19)20)11-6-5-10(23)7-12(11)24/h1-7,23-24H,(H,21,22). The molecule has 0 aliphatic heterocycles. The summed E-state index contributed by atoms with van der Waals surface area (Å²) in [6.45, 7) is 0. The van der Waals surface area contributed by atoms with Gasteiger partial charge in [-0.05, 0) is 29.8 Å². The Kier molecular flexibility index (Phi) is 4.00. The van der Waals surface area contributed by atoms with Gasteiger partial charge in [0.25, 0.3) is 0 Å². The van der Waals surface area contributed by atoms with Gasteiger partial charge in [-0.3, -0.25) is 5.10 Å². The first-order valence-corrected chi connectivity index (χ1v) is 7.50. The maximum atomic E-state index is 13.3. The van der Waals surface area contributed by atoms with E-state index in [9.17, 15) is 23.4 Å². The first-order valence-electron chi connectivity index (χ1n) is 6.71. The molecule has 0 amide bonds. The summed E-state index contributed by atoms with van der Waals surface area (Å²) in [5.74, 6) is -0.568. The third-order valence-corrected chi connectivity index (χ3v) is 3.95. The molecular weight excluding hydrogens is 389 g/mol. The molecule has 1 heterocycles. The topological polar surface area (TPSA) is 69.1 Å². The SMILES string of the molecule is Oc1ccc(-c2n[nH]c(C(F)(F)F)c2-c2ccc(Br)cc2)c(O)c1. The summed E-state index contributed by atoms with van der Waals surface area (Å²) in [5, 5.41) is 25.1. The number of aromatic hydroxyl groups is 2. The van der Waals surface area contributed by atoms with Crippen molar-refractivity contribution in [2.75, 3.05) is 0 Å². The highest BCUT2D eigenvalue weighted by Crippen LogP contribution is 2.43. The van der Waals surface area contributed by atoms with Crippen molar-refractivity contribution in [3.63, 3.8) is 0 Å². The van der Waals surface area contributed by atoms with Crippen molar-refractivity contribution in [3.05, 3.63) is 52.6 Å². The molecule has 0 fully saturated rings. The van der Waals surface area contributed by atoms with E-state index in [4.69, 9.17) is 0 Å². The molecule has 2 aromatic carbocycles. The number of hydrogen-bond donors (Lipinski definition) is 3. The normalized spacial score (nSPS) is 11.7. The quantitative estimate of drug-likeness (QED) is 0.572. The summed E-state index contributed by atoms with van der Waals surface area (Å²) in [6.07, 6.45) is -4.64. The van der Waals surface area contributed by atoms with Gasteiger partial charge >= 0.3 is 6.18 Å². The van der Waals surface area contributed by atoms with Gasteiger partial charge in [0.05, 0.1) is 0 Å². The number of phenols is 2. The van der Waals surface area contributed by atoms with Crippen molar-refractivity contribution in [3.8, 4) is 33.9 Å². The van der Waals surface area contributed by atoms with E-state index >= 15 is 0 Å². The van der Waals surface area contributed by atoms with Crippen LogP contribution in [-0.2, 0) is 6.18 Å². The Morgan fingerprint density at radius 1 is 1.00 bits per heavy atom. The van der Waals surface area contributed by atoms with E-state index in [2.05, 4.69) is 21.0 Å². The molecule has 0 aliphatic rings. The Hall–Kier alpha value is -2.48. The zero-order valence-corrected chi connectivity index (χ0v) is 13.5. The second-order valence-corrected chi connectivity index (χ2v) is 5.94. The summed E-state index contributed by atoms with van der Waals surface area (Å²) < 4.78 is 40.7. The Balaban J connectivity index is 2.27. The minimum atomic E-state index is -4.64. The molecule has 0 atom stereocenters. The fourth-order valence-corrected chi connectivity index (χ4v) is 2.62. The second kappa shape index (κ2) is 5.86. The van der Waals surface area contributed by atoms with Gasteiger partial charge in [0.15, 0.2) is 0 Å². The Labute approximate surface area is 142 Å². The summed E-state index contributed by atoms with van der Waals surface area (Å²) in [7, 11) is 0. The number of rotatable bonds is 2. The number of phenolic OH excluding ortho intramolecular Hbond substituents is 2. The van der Waals surface area contributed by atoms with Crippen molar-refractivity contribution in [2.24, 2.45) is 0 Å². The first kappa shape index (κ1) is 16.4. The van der Waals surface area contributed by atoms with Crippen LogP contribution < -0.4 is 0 Å². The number of hydrogen-bond acceptors (Lipinski definition) is 3. The number of H-pyrrole nitrogens is 1. The minimum Gasteiger partial charge on any atom is -0.508 e. The molecule has 24 heavy (non-hydrogen) atoms. The summed E-state index contributed by atoms with van der Waals surface area (Å²) in [5.41, 5.74) is -0.857. The monoisotopic (exact) mass is 398 g/mol. The van der Waals surface area contributed by atoms with Gasteiger partial charge in [0.1, 0.15) is 22.9 Å². The predicted octanol–water partition coefficient (Wildman–Crippen LogP) is 4.94. The molecule has 3 N–H and O–H groups in total. The molecule has 1 aromatic heterocycles. The largest absolute Gasteiger partial charge is 0.508 e. The van der Waals surface area contributed by atoms with Crippen LogP contribution in [-0.4, -0.2) is 20.4 Å². The van der Waals surface area contributed by atoms with E-state index in [0.29, 0.717) is 5.56 Å². The maximum Gasteiger partial charge on any atom is 0.433 e. The fraction of sp³-hybridized carbons (Fsp3) is 0.0625. The first-order chi connectivity index (χ1) is 11.3. The number of aromatic amines is 1. The number of halogens is 4. The third-order valence-electron chi connectivity index (χ3n) is 3.42. The molecular formula is C16H10BrF3N2O2. The predicted molar refractivity (Wildman–Crippen MR) is 85.5 cm³/mol. The Bertz CT molecular complexity index is 889. The van der Waals surface area contributed by atoms with E-state index in [1.165, 1.54) is 24.3 Å². The second-order valence-electron chi connectivity index (χ2n) is 5.03. The smallest absolute Gasteiger partial charge is 0.433 e. The van der Waals surface area contributed by atoms with Crippen molar-refractivity contribution in [1.82, 2.24) is 10.2 Å². The number of alkyl halides is 3. The number of nitrogens with zero attached hydrogens (tertiary/aromatic N) is 1. The van der Waals surface area contributed by atoms with Gasteiger partial charge in [0.2, 0.25) is 0 Å². The van der Waals surface area contributed by atoms with Gasteiger partial charge in [-0.1, -0.05) is 28.1 Å². The summed E-state index contributed by atoms with van der Waals surface area (Å²) in [4.78, 5) is 0. The van der Waals surface area contributed by atoms with Gasteiger partial charge in [-0.25, -0.2) is 0 Å². The molecule has 0 unspecified atom stereocenters. The van der Waals surface area contributed by atoms with Crippen LogP contribution in [0.25, 0.3) is 22.4 Å². The molecule has 0 aliphatic carbocycles. The fourth-order valence-electron chi connectivity index (χ4n) is 2.36. The van der Waals surface area contributed by atoms with E-state index in [1.54, 1.807) is 12.1 Å². The molecule has 0 radical (unpaired) electrons. The van der Waals surface area contributed by atoms with Crippen LogP contribution in [0.4, 0.5) is 13.2 Å². The van der Waals surface area contributed by atoms with Crippen LogP contribution in [0, 0.1) is 0 Å². The van der Waals surface area contributed by atoms with Crippen molar-refractivity contribution in [1.29, 1.82) is 0 Å². The number of benzene rings is 2. The van der Waals surface area contributed by atoms with Crippen LogP contribution in [0.5, 0.6) is 11.5 Å². The van der Waals surface area contributed by atoms with Gasteiger partial charge in [-0.15, -0.1) is 0 Å². The van der Waals surface area contributed by atoms with Gasteiger partial charge in [-0.2, -0.15) is 18.3 Å². The van der Waals surface area contributed by atoms with Crippen LogP contribution >= 0.6 is 15.9 Å². The molecule has 3 aromatic rings. The summed E-state index contributed by atoms with van der Waals surface area (Å²) in [6, 6.07) is 9.89. The average molecular weight is 399 g/mol. The maximum absolute atomic E-state index is 13.3. The highest BCUT2D eigenvalue weighted by molar-refractivity contribution is 9.10. The Morgan fingerprint density at radius 2 is 1.67 bits per heavy atom.